The number of allylic oxidation sites excluding steroid dienone is 3. The summed E-state index contributed by atoms with van der Waals surface area (Å²) >= 11 is 1.92. The predicted molar refractivity (Wildman–Crippen MR) is 465 cm³/mol. The zero-order valence-corrected chi connectivity index (χ0v) is 73.6. The van der Waals surface area contributed by atoms with Gasteiger partial charge < -0.3 is 15.5 Å². The van der Waals surface area contributed by atoms with Crippen molar-refractivity contribution in [1.82, 2.24) is 25.3 Å². The van der Waals surface area contributed by atoms with E-state index in [1.807, 2.05) is 135 Å². The normalized spacial score (nSPS) is 19.7. The van der Waals surface area contributed by atoms with Crippen LogP contribution in [0.2, 0.25) is 0 Å². The number of rotatable bonds is 18. The van der Waals surface area contributed by atoms with Crippen molar-refractivity contribution in [2.75, 3.05) is 46.8 Å². The molecule has 9 aromatic rings. The molecule has 682 valence electrons. The van der Waals surface area contributed by atoms with Crippen LogP contribution in [0.5, 0.6) is 0 Å². The molecule has 4 aliphatic rings. The first-order chi connectivity index (χ1) is 59.9. The Labute approximate surface area is 742 Å². The van der Waals surface area contributed by atoms with Crippen molar-refractivity contribution in [2.24, 2.45) is 29.6 Å². The molecule has 29 heteroatoms. The van der Waals surface area contributed by atoms with Crippen LogP contribution in [0.3, 0.4) is 0 Å². The molecule has 0 aromatic heterocycles. The monoisotopic (exact) mass is 1900 g/mol. The first-order valence-corrected chi connectivity index (χ1v) is 41.9. The summed E-state index contributed by atoms with van der Waals surface area (Å²) < 4.78 is 236. The number of halogens is 19. The summed E-state index contributed by atoms with van der Waals surface area (Å²) in [5.41, 5.74) is 5.11. The first kappa shape index (κ1) is 106. The number of alkyl halides is 4. The van der Waals surface area contributed by atoms with Crippen LogP contribution in [0, 0.1) is 115 Å². The lowest BCUT2D eigenvalue weighted by Crippen LogP contribution is -2.47. The van der Waals surface area contributed by atoms with Gasteiger partial charge in [-0.1, -0.05) is 164 Å². The number of Topliss-reactive ketones (excluding diaryl/α,β-unsaturated/α-hetero) is 2. The predicted octanol–water partition coefficient (Wildman–Crippen LogP) is 24.2. The highest BCUT2D eigenvalue weighted by molar-refractivity contribution is 14.1. The van der Waals surface area contributed by atoms with Gasteiger partial charge >= 0.3 is 0 Å². The van der Waals surface area contributed by atoms with Crippen LogP contribution in [0.1, 0.15) is 156 Å². The van der Waals surface area contributed by atoms with Crippen molar-refractivity contribution >= 4 is 63.7 Å². The maximum Gasteiger partial charge on any atom is 0.253 e. The molecular formula is C98H102F18IN5O5. The van der Waals surface area contributed by atoms with E-state index in [0.717, 1.165) is 90.0 Å². The molecule has 4 saturated heterocycles. The van der Waals surface area contributed by atoms with Gasteiger partial charge in [0.15, 0.2) is 98.8 Å². The average Bonchev–Trinajstić information content (AvgIpc) is 0.774. The number of hydrogen-bond donors (Lipinski definition) is 2. The third-order valence-electron chi connectivity index (χ3n) is 21.0. The van der Waals surface area contributed by atoms with Gasteiger partial charge in [0.05, 0.1) is 0 Å². The number of likely N-dealkylation sites (tertiary alicyclic amines) is 2. The lowest BCUT2D eigenvalue weighted by Gasteiger charge is -2.43. The molecule has 10 nitrogen and oxygen atoms in total. The summed E-state index contributed by atoms with van der Waals surface area (Å²) in [6.07, 6.45) is 7.92. The Morgan fingerprint density at radius 1 is 0.449 bits per heavy atom. The second-order valence-corrected chi connectivity index (χ2v) is 32.6. The minimum atomic E-state index is -2.83. The molecule has 0 bridgehead atoms. The van der Waals surface area contributed by atoms with E-state index in [0.29, 0.717) is 95.4 Å². The molecule has 0 saturated carbocycles. The Morgan fingerprint density at radius 2 is 0.835 bits per heavy atom. The lowest BCUT2D eigenvalue weighted by atomic mass is 9.86. The fraction of sp³-hybridized carbons (Fsp3) is 0.337. The Balaban J connectivity index is 0.000000229. The van der Waals surface area contributed by atoms with Gasteiger partial charge in [-0.3, -0.25) is 33.8 Å². The minimum absolute atomic E-state index is 0.00143. The van der Waals surface area contributed by atoms with E-state index in [4.69, 9.17) is 0 Å². The number of nitrogens with zero attached hydrogens (tertiary/aromatic N) is 3. The van der Waals surface area contributed by atoms with Crippen molar-refractivity contribution in [3.05, 3.63) is 342 Å². The summed E-state index contributed by atoms with van der Waals surface area (Å²) in [7, 11) is 3.78. The maximum atomic E-state index is 14.2. The molecular weight excluding hydrogens is 1800 g/mol. The van der Waals surface area contributed by atoms with Gasteiger partial charge in [0.25, 0.3) is 11.8 Å². The Bertz CT molecular complexity index is 5180. The van der Waals surface area contributed by atoms with E-state index in [2.05, 4.69) is 22.1 Å². The zero-order chi connectivity index (χ0) is 94.2. The molecule has 4 fully saturated rings. The number of ketones is 5. The summed E-state index contributed by atoms with van der Waals surface area (Å²) in [5, 5.41) is 6.07. The van der Waals surface area contributed by atoms with E-state index in [9.17, 15) is 103 Å². The van der Waals surface area contributed by atoms with Gasteiger partial charge in [-0.2, -0.15) is 0 Å². The van der Waals surface area contributed by atoms with Crippen molar-refractivity contribution in [2.45, 2.75) is 136 Å². The number of hydrogen-bond acceptors (Lipinski definition) is 10. The van der Waals surface area contributed by atoms with E-state index in [1.165, 1.54) is 86.7 Å². The van der Waals surface area contributed by atoms with Crippen LogP contribution in [0.15, 0.2) is 213 Å². The van der Waals surface area contributed by atoms with Crippen LogP contribution >= 0.6 is 22.6 Å². The van der Waals surface area contributed by atoms with Crippen molar-refractivity contribution in [3.8, 4) is 0 Å². The van der Waals surface area contributed by atoms with Crippen LogP contribution in [-0.2, 0) is 37.1 Å². The first-order valence-electron chi connectivity index (χ1n) is 40.8. The molecule has 4 aliphatic heterocycles. The summed E-state index contributed by atoms with van der Waals surface area (Å²) in [5.74, 6) is -19.5. The van der Waals surface area contributed by atoms with Gasteiger partial charge in [-0.05, 0) is 190 Å². The fourth-order valence-corrected chi connectivity index (χ4v) is 13.8. The maximum absolute atomic E-state index is 14.2. The highest BCUT2D eigenvalue weighted by Crippen LogP contribution is 2.44. The average molecular weight is 1900 g/mol. The Morgan fingerprint density at radius 3 is 1.24 bits per heavy atom. The summed E-state index contributed by atoms with van der Waals surface area (Å²) in [4.78, 5) is 62.3. The molecule has 0 aliphatic carbocycles. The SMILES string of the molecule is C=CC(=O)CC.CC(CN(C)C)C(=O)/C=C/c1ccc(F)c(F)c1.CCC(=O)/C=C/c1ccc(F)c(F)c1.C[C@H]1CN(Cc2ccccc2)[C@H](c2ccc(F)c(F)c2)CC1(F)F.C[C@H]1CN(Cc2ccccc2)[C@H](c2ccc(F)c(F)c2)CC1=O.C[C@H]1CN[C@H](c2ccc(F)c(F)c2)CC1(F)F.C[C@H]1CN[C@H](c2ccc(F)c(F)c2)CC1=O.Fc1ccc(I)cc1F. The smallest absolute Gasteiger partial charge is 0.253 e. The molecule has 0 radical (unpaired) electrons. The zero-order valence-electron chi connectivity index (χ0n) is 71.4. The number of benzene rings is 9. The van der Waals surface area contributed by atoms with Crippen molar-refractivity contribution < 1.29 is 103 Å². The largest absolute Gasteiger partial charge is 0.309 e. The van der Waals surface area contributed by atoms with Gasteiger partial charge in [0.2, 0.25) is 0 Å². The fourth-order valence-electron chi connectivity index (χ4n) is 13.4. The van der Waals surface area contributed by atoms with E-state index in [1.54, 1.807) is 13.0 Å². The summed E-state index contributed by atoms with van der Waals surface area (Å²) in [6, 6.07) is 43.0. The number of carbonyl (C=O) groups excluding carboxylic acids is 5. The van der Waals surface area contributed by atoms with E-state index < -0.39 is 124 Å². The molecule has 2 N–H and O–H groups in total. The quantitative estimate of drug-likeness (QED) is 0.0372. The highest BCUT2D eigenvalue weighted by Gasteiger charge is 2.47. The second kappa shape index (κ2) is 51.1. The van der Waals surface area contributed by atoms with Crippen LogP contribution in [-0.4, -0.2) is 102 Å². The topological polar surface area (TPSA) is 119 Å². The minimum Gasteiger partial charge on any atom is -0.309 e. The Kier molecular flexibility index (Phi) is 42.5. The molecule has 9 atom stereocenters. The number of nitrogens with one attached hydrogen (secondary N) is 2. The van der Waals surface area contributed by atoms with Gasteiger partial charge in [0.1, 0.15) is 11.6 Å². The van der Waals surface area contributed by atoms with E-state index >= 15 is 0 Å². The number of carbonyl (C=O) groups is 5. The van der Waals surface area contributed by atoms with Crippen LogP contribution < -0.4 is 10.6 Å². The molecule has 0 amide bonds. The second-order valence-electron chi connectivity index (χ2n) is 31.3. The van der Waals surface area contributed by atoms with E-state index in [-0.39, 0.29) is 78.3 Å². The molecule has 13 rings (SSSR count). The molecule has 4 heterocycles. The standard InChI is InChI=1S/C19H19F4N.C19H19F2NO.C14H17F2NO.C12H13F4N.C12H13F2NO.C11H10F2O.C6H3F2I.C5H8O/c1-13-11-24(12-14-5-3-2-4-6-14)18(10-19(13,22)23)15-7-8-16(20)17(21)9-15;1-13-11-22(12-14-5-3-2-4-6-14)18(10-19(13)23)15-7-8-16(20)17(21)9-15;1-10(9-17(2)3)14(18)7-5-11-4-6-12(15)13(16)8-11;1-7-6-17-11(5-12(7,15)16)8-2-3-9(13)10(14)4-8;1-7-6-15-11(5-12(7)16)8-2-3-9(13)10(14)4-8;1-2-9(14)5-3-8-4-6-10(12)11(13)7-8;7-5-2-1-4(9)3-6(5)8;1-3-5(6)4-2/h2-9,13,18H,10-12H2,1H3;2-9,13,18H,10-12H2,1H3;4-8,10H,9H2,1-3H3;2-4,7,11,17H,5-6H2,1H3;2-4,7,11,15H,5-6H2,1H3;3-7H,2H2,1H3;1-3H;3H,1,4H2,2H3/b;;7-5+;;;5-3+;;/t2*13-,18-;;2*7-,11-;;;/m00.00.../s1. The number of piperidine rings is 4. The molecule has 1 unspecified atom stereocenters. The van der Waals surface area contributed by atoms with Crippen LogP contribution in [0.25, 0.3) is 12.2 Å². The highest BCUT2D eigenvalue weighted by atomic mass is 127. The molecule has 127 heavy (non-hydrogen) atoms. The molecule has 0 spiro atoms. The summed E-state index contributed by atoms with van der Waals surface area (Å²) in [6.45, 7) is 18.8. The van der Waals surface area contributed by atoms with Crippen molar-refractivity contribution in [3.63, 3.8) is 0 Å². The third-order valence-corrected chi connectivity index (χ3v) is 21.7. The van der Waals surface area contributed by atoms with Gasteiger partial charge in [0, 0.05) is 142 Å². The van der Waals surface area contributed by atoms with Gasteiger partial charge in [-0.25, -0.2) is 79.0 Å². The van der Waals surface area contributed by atoms with Gasteiger partial charge in [-0.15, -0.1) is 0 Å². The van der Waals surface area contributed by atoms with Crippen LogP contribution in [0.4, 0.5) is 79.0 Å². The molecule has 9 aromatic carbocycles. The Hall–Kier alpha value is -10.2. The van der Waals surface area contributed by atoms with Crippen molar-refractivity contribution in [1.29, 1.82) is 0 Å². The third kappa shape index (κ3) is 34.4. The lowest BCUT2D eigenvalue weighted by molar-refractivity contribution is -0.128.